The van der Waals surface area contributed by atoms with Crippen LogP contribution >= 0.6 is 0 Å². The predicted octanol–water partition coefficient (Wildman–Crippen LogP) is 2.02. The van der Waals surface area contributed by atoms with E-state index in [1.165, 1.54) is 7.11 Å². The fourth-order valence-electron chi connectivity index (χ4n) is 2.12. The summed E-state index contributed by atoms with van der Waals surface area (Å²) in [7, 11) is 1.39. The molecule has 0 aromatic heterocycles. The smallest absolute Gasteiger partial charge is 0.305 e. The second-order valence-corrected chi connectivity index (χ2v) is 5.04. The van der Waals surface area contributed by atoms with Crippen LogP contribution in [0.3, 0.4) is 0 Å². The van der Waals surface area contributed by atoms with Gasteiger partial charge in [-0.15, -0.1) is 0 Å². The number of benzene rings is 1. The topological polar surface area (TPSA) is 55.4 Å². The first-order valence-corrected chi connectivity index (χ1v) is 5.97. The molecule has 0 atom stereocenters. The first kappa shape index (κ1) is 12.6. The Morgan fingerprint density at radius 1 is 1.39 bits per heavy atom. The maximum Gasteiger partial charge on any atom is 0.305 e. The number of amides is 1. The van der Waals surface area contributed by atoms with Gasteiger partial charge in [0.15, 0.2) is 0 Å². The summed E-state index contributed by atoms with van der Waals surface area (Å²) in [4.78, 5) is 22.9. The highest BCUT2D eigenvalue weighted by Gasteiger charge is 2.38. The largest absolute Gasteiger partial charge is 0.469 e. The maximum atomic E-state index is 11.8. The van der Waals surface area contributed by atoms with E-state index in [0.717, 1.165) is 16.8 Å². The van der Waals surface area contributed by atoms with Crippen molar-refractivity contribution in [2.75, 3.05) is 12.4 Å². The number of anilines is 1. The van der Waals surface area contributed by atoms with Crippen molar-refractivity contribution in [2.24, 2.45) is 0 Å². The fourth-order valence-corrected chi connectivity index (χ4v) is 2.12. The summed E-state index contributed by atoms with van der Waals surface area (Å²) in [5, 5.41) is 2.86. The molecule has 18 heavy (non-hydrogen) atoms. The van der Waals surface area contributed by atoms with Crippen molar-refractivity contribution in [1.29, 1.82) is 0 Å². The quantitative estimate of drug-likeness (QED) is 0.831. The van der Waals surface area contributed by atoms with Gasteiger partial charge < -0.3 is 10.1 Å². The van der Waals surface area contributed by atoms with E-state index in [0.29, 0.717) is 12.8 Å². The number of fused-ring (bicyclic) bond motifs is 1. The van der Waals surface area contributed by atoms with Gasteiger partial charge in [0, 0.05) is 12.1 Å². The van der Waals surface area contributed by atoms with E-state index in [9.17, 15) is 9.59 Å². The SMILES string of the molecule is COC(=O)CCc1ccc2c(c1)C(C)(C)C(=O)N2. The van der Waals surface area contributed by atoms with E-state index in [1.54, 1.807) is 0 Å². The van der Waals surface area contributed by atoms with Gasteiger partial charge >= 0.3 is 5.97 Å². The van der Waals surface area contributed by atoms with Gasteiger partial charge in [0.2, 0.25) is 5.91 Å². The maximum absolute atomic E-state index is 11.8. The molecule has 0 saturated heterocycles. The van der Waals surface area contributed by atoms with Gasteiger partial charge in [0.1, 0.15) is 0 Å². The Morgan fingerprint density at radius 2 is 2.11 bits per heavy atom. The van der Waals surface area contributed by atoms with Crippen molar-refractivity contribution < 1.29 is 14.3 Å². The number of nitrogens with one attached hydrogen (secondary N) is 1. The van der Waals surface area contributed by atoms with Crippen LogP contribution in [0.15, 0.2) is 18.2 Å². The van der Waals surface area contributed by atoms with Gasteiger partial charge in [-0.25, -0.2) is 0 Å². The Labute approximate surface area is 106 Å². The summed E-state index contributed by atoms with van der Waals surface area (Å²) in [5.41, 5.74) is 2.40. The molecule has 0 bridgehead atoms. The molecule has 1 N–H and O–H groups in total. The number of rotatable bonds is 3. The number of carbonyl (C=O) groups is 2. The van der Waals surface area contributed by atoms with Crippen LogP contribution in [0.1, 0.15) is 31.4 Å². The lowest BCUT2D eigenvalue weighted by Gasteiger charge is -2.15. The highest BCUT2D eigenvalue weighted by Crippen LogP contribution is 2.37. The molecule has 4 nitrogen and oxygen atoms in total. The lowest BCUT2D eigenvalue weighted by atomic mass is 9.85. The number of aryl methyl sites for hydroxylation is 1. The first-order valence-electron chi connectivity index (χ1n) is 5.97. The molecule has 1 aliphatic heterocycles. The summed E-state index contributed by atoms with van der Waals surface area (Å²) in [6.07, 6.45) is 0.987. The third kappa shape index (κ3) is 2.10. The molecule has 1 heterocycles. The third-order valence-corrected chi connectivity index (χ3v) is 3.42. The Bertz CT molecular complexity index is 506. The molecule has 0 fully saturated rings. The van der Waals surface area contributed by atoms with Crippen molar-refractivity contribution in [2.45, 2.75) is 32.1 Å². The van der Waals surface area contributed by atoms with Crippen molar-refractivity contribution in [1.82, 2.24) is 0 Å². The number of esters is 1. The fraction of sp³-hybridized carbons (Fsp3) is 0.429. The van der Waals surface area contributed by atoms with Gasteiger partial charge in [-0.3, -0.25) is 9.59 Å². The lowest BCUT2D eigenvalue weighted by molar-refractivity contribution is -0.140. The predicted molar refractivity (Wildman–Crippen MR) is 68.4 cm³/mol. The molecule has 0 unspecified atom stereocenters. The van der Waals surface area contributed by atoms with Crippen molar-refractivity contribution in [3.8, 4) is 0 Å². The number of ether oxygens (including phenoxy) is 1. The zero-order chi connectivity index (χ0) is 13.3. The van der Waals surface area contributed by atoms with E-state index >= 15 is 0 Å². The molecule has 0 radical (unpaired) electrons. The second-order valence-electron chi connectivity index (χ2n) is 5.04. The number of methoxy groups -OCH3 is 1. The molecule has 96 valence electrons. The monoisotopic (exact) mass is 247 g/mol. The van der Waals surface area contributed by atoms with Crippen LogP contribution in [0.25, 0.3) is 0 Å². The zero-order valence-corrected chi connectivity index (χ0v) is 10.9. The first-order chi connectivity index (χ1) is 8.45. The average molecular weight is 247 g/mol. The minimum atomic E-state index is -0.503. The molecule has 1 amide bonds. The van der Waals surface area contributed by atoms with E-state index in [2.05, 4.69) is 10.1 Å². The lowest BCUT2D eigenvalue weighted by Crippen LogP contribution is -2.26. The highest BCUT2D eigenvalue weighted by atomic mass is 16.5. The minimum Gasteiger partial charge on any atom is -0.469 e. The molecule has 1 aromatic carbocycles. The Morgan fingerprint density at radius 3 is 2.78 bits per heavy atom. The molecule has 2 rings (SSSR count). The average Bonchev–Trinajstić information content (AvgIpc) is 2.57. The Balaban J connectivity index is 2.21. The Kier molecular flexibility index (Phi) is 3.11. The molecule has 0 spiro atoms. The highest BCUT2D eigenvalue weighted by molar-refractivity contribution is 6.05. The number of hydrogen-bond donors (Lipinski definition) is 1. The van der Waals surface area contributed by atoms with E-state index in [4.69, 9.17) is 0 Å². The van der Waals surface area contributed by atoms with Gasteiger partial charge in [-0.05, 0) is 37.5 Å². The summed E-state index contributed by atoms with van der Waals surface area (Å²) >= 11 is 0. The van der Waals surface area contributed by atoms with Crippen molar-refractivity contribution >= 4 is 17.6 Å². The van der Waals surface area contributed by atoms with Gasteiger partial charge in [-0.2, -0.15) is 0 Å². The van der Waals surface area contributed by atoms with Crippen LogP contribution in [0, 0.1) is 0 Å². The van der Waals surface area contributed by atoms with Gasteiger partial charge in [-0.1, -0.05) is 12.1 Å². The molecular weight excluding hydrogens is 230 g/mol. The molecule has 1 aromatic rings. The van der Waals surface area contributed by atoms with E-state index < -0.39 is 5.41 Å². The van der Waals surface area contributed by atoms with Crippen molar-refractivity contribution in [3.05, 3.63) is 29.3 Å². The van der Waals surface area contributed by atoms with Crippen LogP contribution in [-0.4, -0.2) is 19.0 Å². The van der Waals surface area contributed by atoms with Crippen LogP contribution in [-0.2, 0) is 26.2 Å². The van der Waals surface area contributed by atoms with Gasteiger partial charge in [0.25, 0.3) is 0 Å². The summed E-state index contributed by atoms with van der Waals surface area (Å²) in [6.45, 7) is 3.80. The normalized spacial score (nSPS) is 16.1. The molecule has 0 saturated carbocycles. The van der Waals surface area contributed by atoms with Crippen molar-refractivity contribution in [3.63, 3.8) is 0 Å². The second kappa shape index (κ2) is 4.44. The Hall–Kier alpha value is -1.84. The van der Waals surface area contributed by atoms with E-state index in [1.807, 2.05) is 32.0 Å². The van der Waals surface area contributed by atoms with Gasteiger partial charge in [0.05, 0.1) is 12.5 Å². The number of carbonyl (C=O) groups excluding carboxylic acids is 2. The zero-order valence-electron chi connectivity index (χ0n) is 10.9. The van der Waals surface area contributed by atoms with Crippen LogP contribution in [0.5, 0.6) is 0 Å². The standard InChI is InChI=1S/C14H17NO3/c1-14(2)10-8-9(5-7-12(16)18-3)4-6-11(10)15-13(14)17/h4,6,8H,5,7H2,1-3H3,(H,15,17). The summed E-state index contributed by atoms with van der Waals surface area (Å²) in [5.74, 6) is -0.202. The molecule has 0 aliphatic carbocycles. The summed E-state index contributed by atoms with van der Waals surface area (Å²) in [6, 6.07) is 5.83. The molecule has 4 heteroatoms. The summed E-state index contributed by atoms with van der Waals surface area (Å²) < 4.78 is 4.62. The molecular formula is C14H17NO3. The number of hydrogen-bond acceptors (Lipinski definition) is 3. The minimum absolute atomic E-state index is 0.0163. The van der Waals surface area contributed by atoms with Crippen LogP contribution in [0.4, 0.5) is 5.69 Å². The molecule has 1 aliphatic rings. The third-order valence-electron chi connectivity index (χ3n) is 3.42. The van der Waals surface area contributed by atoms with E-state index in [-0.39, 0.29) is 11.9 Å². The van der Waals surface area contributed by atoms with Crippen LogP contribution in [0.2, 0.25) is 0 Å². The van der Waals surface area contributed by atoms with Crippen LogP contribution < -0.4 is 5.32 Å².